The molecule has 6 rings (SSSR count). The number of aromatic amines is 2. The summed E-state index contributed by atoms with van der Waals surface area (Å²) in [6.45, 7) is 2.45. The van der Waals surface area contributed by atoms with Gasteiger partial charge in [-0.05, 0) is 66.4 Å². The molecule has 7 heteroatoms. The lowest BCUT2D eigenvalue weighted by Gasteiger charge is -2.17. The van der Waals surface area contributed by atoms with E-state index in [-0.39, 0.29) is 11.9 Å². The number of nitrogens with zero attached hydrogens (tertiary/aromatic N) is 1. The smallest absolute Gasteiger partial charge is 0.133 e. The first kappa shape index (κ1) is 22.1. The van der Waals surface area contributed by atoms with Crippen LogP contribution >= 0.6 is 0 Å². The summed E-state index contributed by atoms with van der Waals surface area (Å²) < 4.78 is 20.8. The van der Waals surface area contributed by atoms with Gasteiger partial charge in [0.1, 0.15) is 5.82 Å². The van der Waals surface area contributed by atoms with Gasteiger partial charge in [-0.15, -0.1) is 0 Å². The van der Waals surface area contributed by atoms with Gasteiger partial charge in [-0.25, -0.2) is 4.39 Å². The fourth-order valence-corrected chi connectivity index (χ4v) is 4.85. The number of anilines is 1. The Morgan fingerprint density at radius 1 is 1.03 bits per heavy atom. The third-order valence-electron chi connectivity index (χ3n) is 6.69. The molecule has 0 unspecified atom stereocenters. The number of para-hydroxylation sites is 1. The predicted octanol–water partition coefficient (Wildman–Crippen LogP) is 6.40. The van der Waals surface area contributed by atoms with Crippen LogP contribution in [0.4, 0.5) is 10.1 Å². The SMILES string of the molecule is Cc1n[nH]c2ccc(-c3cc(NC[C@H](N)Cc4c[nH]c5ccccc45)cc(F)c3-c3ccoc3)cc12. The van der Waals surface area contributed by atoms with Crippen LogP contribution in [0.3, 0.4) is 0 Å². The van der Waals surface area contributed by atoms with Crippen molar-refractivity contribution in [2.24, 2.45) is 5.73 Å². The largest absolute Gasteiger partial charge is 0.472 e. The molecule has 3 aromatic carbocycles. The van der Waals surface area contributed by atoms with Gasteiger partial charge >= 0.3 is 0 Å². The minimum absolute atomic E-state index is 0.144. The Labute approximate surface area is 207 Å². The van der Waals surface area contributed by atoms with Crippen molar-refractivity contribution in [2.75, 3.05) is 11.9 Å². The van der Waals surface area contributed by atoms with Crippen molar-refractivity contribution < 1.29 is 8.81 Å². The molecule has 0 amide bonds. The van der Waals surface area contributed by atoms with Crippen molar-refractivity contribution in [1.82, 2.24) is 15.2 Å². The van der Waals surface area contributed by atoms with E-state index in [4.69, 9.17) is 10.2 Å². The number of hydrogen-bond acceptors (Lipinski definition) is 4. The van der Waals surface area contributed by atoms with Crippen LogP contribution in [-0.4, -0.2) is 27.8 Å². The molecule has 3 heterocycles. The number of H-pyrrole nitrogens is 2. The Morgan fingerprint density at radius 2 is 1.92 bits per heavy atom. The normalized spacial score (nSPS) is 12.4. The lowest BCUT2D eigenvalue weighted by atomic mass is 9.93. The average molecular weight is 480 g/mol. The summed E-state index contributed by atoms with van der Waals surface area (Å²) in [5.41, 5.74) is 14.1. The lowest BCUT2D eigenvalue weighted by molar-refractivity contribution is 0.567. The molecule has 0 aliphatic carbocycles. The summed E-state index contributed by atoms with van der Waals surface area (Å²) in [6.07, 6.45) is 5.83. The highest BCUT2D eigenvalue weighted by molar-refractivity contribution is 5.92. The number of aryl methyl sites for hydroxylation is 1. The summed E-state index contributed by atoms with van der Waals surface area (Å²) in [4.78, 5) is 3.29. The number of nitrogens with two attached hydrogens (primary N) is 1. The second-order valence-corrected chi connectivity index (χ2v) is 9.17. The Bertz CT molecular complexity index is 1660. The second kappa shape index (κ2) is 9.02. The summed E-state index contributed by atoms with van der Waals surface area (Å²) in [6, 6.07) is 19.3. The number of benzene rings is 3. The number of nitrogens with one attached hydrogen (secondary N) is 3. The number of furan rings is 1. The maximum atomic E-state index is 15.6. The zero-order chi connectivity index (χ0) is 24.6. The fourth-order valence-electron chi connectivity index (χ4n) is 4.85. The van der Waals surface area contributed by atoms with Gasteiger partial charge in [-0.1, -0.05) is 24.3 Å². The summed E-state index contributed by atoms with van der Waals surface area (Å²) in [7, 11) is 0. The van der Waals surface area contributed by atoms with Crippen LogP contribution in [0, 0.1) is 12.7 Å². The fraction of sp³-hybridized carbons (Fsp3) is 0.138. The van der Waals surface area contributed by atoms with Gasteiger partial charge in [-0.2, -0.15) is 5.10 Å². The third kappa shape index (κ3) is 4.03. The molecular formula is C29H26FN5O. The standard InChI is InChI=1S/C29H26FN5O/c1-17-24-11-18(6-7-28(24)35-34-17)25-12-22(13-26(30)29(25)19-8-9-36-16-19)32-15-21(31)10-20-14-33-27-5-3-2-4-23(20)27/h2-9,11-14,16,21,32-33H,10,15,31H2,1H3,(H,34,35)/t21-/m1/s1. The van der Waals surface area contributed by atoms with Crippen molar-refractivity contribution in [2.45, 2.75) is 19.4 Å². The first-order valence-corrected chi connectivity index (χ1v) is 11.9. The van der Waals surface area contributed by atoms with E-state index in [1.54, 1.807) is 18.6 Å². The topological polar surface area (TPSA) is 95.7 Å². The van der Waals surface area contributed by atoms with Crippen molar-refractivity contribution in [3.63, 3.8) is 0 Å². The van der Waals surface area contributed by atoms with E-state index in [2.05, 4.69) is 32.6 Å². The van der Waals surface area contributed by atoms with E-state index in [9.17, 15) is 0 Å². The number of fused-ring (bicyclic) bond motifs is 2. The van der Waals surface area contributed by atoms with Crippen LogP contribution in [0.25, 0.3) is 44.1 Å². The molecule has 0 saturated heterocycles. The minimum Gasteiger partial charge on any atom is -0.472 e. The van der Waals surface area contributed by atoms with Crippen molar-refractivity contribution in [3.8, 4) is 22.3 Å². The molecule has 1 atom stereocenters. The highest BCUT2D eigenvalue weighted by Gasteiger charge is 2.17. The monoisotopic (exact) mass is 479 g/mol. The Balaban J connectivity index is 1.31. The van der Waals surface area contributed by atoms with Crippen LogP contribution in [-0.2, 0) is 6.42 Å². The summed E-state index contributed by atoms with van der Waals surface area (Å²) in [5.74, 6) is -0.328. The van der Waals surface area contributed by atoms with Crippen LogP contribution in [0.2, 0.25) is 0 Å². The molecule has 0 bridgehead atoms. The van der Waals surface area contributed by atoms with Crippen molar-refractivity contribution in [1.29, 1.82) is 0 Å². The van der Waals surface area contributed by atoms with Crippen LogP contribution < -0.4 is 11.1 Å². The van der Waals surface area contributed by atoms with Gasteiger partial charge in [0.2, 0.25) is 0 Å². The highest BCUT2D eigenvalue weighted by Crippen LogP contribution is 2.38. The summed E-state index contributed by atoms with van der Waals surface area (Å²) >= 11 is 0. The molecule has 0 aliphatic rings. The van der Waals surface area contributed by atoms with Crippen LogP contribution in [0.1, 0.15) is 11.3 Å². The van der Waals surface area contributed by atoms with E-state index in [1.165, 1.54) is 17.0 Å². The molecular weight excluding hydrogens is 453 g/mol. The van der Waals surface area contributed by atoms with Gasteiger partial charge in [0.15, 0.2) is 0 Å². The third-order valence-corrected chi connectivity index (χ3v) is 6.69. The zero-order valence-electron chi connectivity index (χ0n) is 19.8. The summed E-state index contributed by atoms with van der Waals surface area (Å²) in [5, 5.41) is 12.9. The van der Waals surface area contributed by atoms with Gasteiger partial charge in [-0.3, -0.25) is 5.10 Å². The number of aromatic nitrogens is 3. The molecule has 0 aliphatic heterocycles. The molecule has 0 radical (unpaired) electrons. The van der Waals surface area contributed by atoms with E-state index in [0.29, 0.717) is 29.8 Å². The number of rotatable bonds is 7. The van der Waals surface area contributed by atoms with Crippen LogP contribution in [0.15, 0.2) is 83.8 Å². The molecule has 5 N–H and O–H groups in total. The molecule has 6 aromatic rings. The van der Waals surface area contributed by atoms with E-state index in [1.807, 2.05) is 49.5 Å². The molecule has 0 spiro atoms. The second-order valence-electron chi connectivity index (χ2n) is 9.17. The minimum atomic E-state index is -0.328. The molecule has 6 nitrogen and oxygen atoms in total. The number of halogens is 1. The predicted molar refractivity (Wildman–Crippen MR) is 142 cm³/mol. The van der Waals surface area contributed by atoms with Gasteiger partial charge < -0.3 is 20.5 Å². The highest BCUT2D eigenvalue weighted by atomic mass is 19.1. The molecule has 180 valence electrons. The van der Waals surface area contributed by atoms with Crippen molar-refractivity contribution in [3.05, 3.63) is 96.5 Å². The maximum absolute atomic E-state index is 15.6. The quantitative estimate of drug-likeness (QED) is 0.213. The van der Waals surface area contributed by atoms with E-state index >= 15 is 4.39 Å². The van der Waals surface area contributed by atoms with Gasteiger partial charge in [0.25, 0.3) is 0 Å². The van der Waals surface area contributed by atoms with Crippen LogP contribution in [0.5, 0.6) is 0 Å². The maximum Gasteiger partial charge on any atom is 0.133 e. The first-order valence-electron chi connectivity index (χ1n) is 11.9. The number of hydrogen-bond donors (Lipinski definition) is 4. The Hall–Kier alpha value is -4.36. The molecule has 3 aromatic heterocycles. The van der Waals surface area contributed by atoms with E-state index in [0.717, 1.165) is 33.2 Å². The van der Waals surface area contributed by atoms with E-state index < -0.39 is 0 Å². The van der Waals surface area contributed by atoms with Gasteiger partial charge in [0, 0.05) is 51.9 Å². The van der Waals surface area contributed by atoms with Crippen molar-refractivity contribution >= 4 is 27.5 Å². The lowest BCUT2D eigenvalue weighted by Crippen LogP contribution is -2.31. The molecule has 36 heavy (non-hydrogen) atoms. The Kier molecular flexibility index (Phi) is 5.54. The zero-order valence-corrected chi connectivity index (χ0v) is 19.8. The first-order chi connectivity index (χ1) is 17.6. The Morgan fingerprint density at radius 3 is 2.78 bits per heavy atom. The molecule has 0 fully saturated rings. The van der Waals surface area contributed by atoms with Gasteiger partial charge in [0.05, 0.1) is 23.7 Å². The average Bonchev–Trinajstić information content (AvgIpc) is 3.64. The molecule has 0 saturated carbocycles.